The van der Waals surface area contributed by atoms with Gasteiger partial charge in [-0.15, -0.1) is 0 Å². The zero-order chi connectivity index (χ0) is 13.2. The molecule has 2 aromatic carbocycles. The van der Waals surface area contributed by atoms with Crippen LogP contribution < -0.4 is 5.32 Å². The molecule has 3 heteroatoms. The van der Waals surface area contributed by atoms with Gasteiger partial charge in [0.1, 0.15) is 0 Å². The van der Waals surface area contributed by atoms with Crippen molar-refractivity contribution in [3.63, 3.8) is 0 Å². The van der Waals surface area contributed by atoms with E-state index in [1.54, 1.807) is 24.3 Å². The maximum atomic E-state index is 12.2. The van der Waals surface area contributed by atoms with Crippen LogP contribution in [-0.2, 0) is 6.42 Å². The molecule has 0 aromatic heterocycles. The highest BCUT2D eigenvalue weighted by Crippen LogP contribution is 2.30. The number of fused-ring (bicyclic) bond motifs is 1. The average molecular weight is 272 g/mol. The molecule has 0 fully saturated rings. The average Bonchev–Trinajstić information content (AvgIpc) is 2.83. The number of hydrogen-bond donors (Lipinski definition) is 1. The molecule has 0 bridgehead atoms. The van der Waals surface area contributed by atoms with Crippen molar-refractivity contribution >= 4 is 17.5 Å². The van der Waals surface area contributed by atoms with E-state index in [0.29, 0.717) is 10.6 Å². The molecule has 0 radical (unpaired) electrons. The fourth-order valence-electron chi connectivity index (χ4n) is 2.55. The number of aryl methyl sites for hydroxylation is 1. The summed E-state index contributed by atoms with van der Waals surface area (Å²) in [5.74, 6) is -0.0432. The Morgan fingerprint density at radius 2 is 1.84 bits per heavy atom. The minimum Gasteiger partial charge on any atom is -0.345 e. The van der Waals surface area contributed by atoms with Crippen LogP contribution in [0.5, 0.6) is 0 Å². The van der Waals surface area contributed by atoms with Gasteiger partial charge in [-0.1, -0.05) is 35.9 Å². The highest BCUT2D eigenvalue weighted by atomic mass is 35.5. The van der Waals surface area contributed by atoms with Crippen molar-refractivity contribution in [1.29, 1.82) is 0 Å². The minimum atomic E-state index is -0.0432. The summed E-state index contributed by atoms with van der Waals surface area (Å²) >= 11 is 5.82. The third-order valence-electron chi connectivity index (χ3n) is 3.54. The molecule has 3 rings (SSSR count). The standard InChI is InChI=1S/C16H14ClNO/c17-13-8-5-12(6-9-13)16(19)18-15-10-7-11-3-1-2-4-14(11)15/h1-6,8-9,15H,7,10H2,(H,18,19)/t15-/m0/s1. The van der Waals surface area contributed by atoms with Crippen LogP contribution >= 0.6 is 11.6 Å². The molecular weight excluding hydrogens is 258 g/mol. The Hall–Kier alpha value is -1.80. The molecule has 19 heavy (non-hydrogen) atoms. The second-order valence-electron chi connectivity index (χ2n) is 4.77. The number of halogens is 1. The van der Waals surface area contributed by atoms with Gasteiger partial charge in [-0.3, -0.25) is 4.79 Å². The number of amides is 1. The molecule has 0 saturated carbocycles. The van der Waals surface area contributed by atoms with E-state index in [2.05, 4.69) is 17.4 Å². The van der Waals surface area contributed by atoms with Crippen molar-refractivity contribution < 1.29 is 4.79 Å². The zero-order valence-corrected chi connectivity index (χ0v) is 11.2. The van der Waals surface area contributed by atoms with E-state index in [9.17, 15) is 4.79 Å². The normalized spacial score (nSPS) is 17.0. The summed E-state index contributed by atoms with van der Waals surface area (Å²) in [7, 11) is 0. The second kappa shape index (κ2) is 5.06. The summed E-state index contributed by atoms with van der Waals surface area (Å²) in [5.41, 5.74) is 3.22. The van der Waals surface area contributed by atoms with E-state index >= 15 is 0 Å². The largest absolute Gasteiger partial charge is 0.345 e. The van der Waals surface area contributed by atoms with Crippen molar-refractivity contribution in [3.05, 3.63) is 70.2 Å². The minimum absolute atomic E-state index is 0.0432. The third kappa shape index (κ3) is 2.49. The van der Waals surface area contributed by atoms with Crippen molar-refractivity contribution in [2.75, 3.05) is 0 Å². The molecule has 1 N–H and O–H groups in total. The van der Waals surface area contributed by atoms with Gasteiger partial charge >= 0.3 is 0 Å². The summed E-state index contributed by atoms with van der Waals surface area (Å²) in [6.45, 7) is 0. The van der Waals surface area contributed by atoms with Gasteiger partial charge in [-0.25, -0.2) is 0 Å². The Balaban J connectivity index is 1.76. The van der Waals surface area contributed by atoms with Gasteiger partial charge in [0.15, 0.2) is 0 Å². The van der Waals surface area contributed by atoms with Crippen molar-refractivity contribution in [2.24, 2.45) is 0 Å². The molecule has 0 saturated heterocycles. The molecule has 2 aromatic rings. The third-order valence-corrected chi connectivity index (χ3v) is 3.80. The lowest BCUT2D eigenvalue weighted by Gasteiger charge is -2.14. The molecule has 1 aliphatic rings. The van der Waals surface area contributed by atoms with E-state index in [-0.39, 0.29) is 11.9 Å². The number of nitrogens with one attached hydrogen (secondary N) is 1. The summed E-state index contributed by atoms with van der Waals surface area (Å²) in [5, 5.41) is 3.73. The van der Waals surface area contributed by atoms with E-state index < -0.39 is 0 Å². The first-order valence-electron chi connectivity index (χ1n) is 6.38. The summed E-state index contributed by atoms with van der Waals surface area (Å²) in [6.07, 6.45) is 2.00. The highest BCUT2D eigenvalue weighted by molar-refractivity contribution is 6.30. The molecule has 2 nitrogen and oxygen atoms in total. The van der Waals surface area contributed by atoms with Crippen LogP contribution in [0.25, 0.3) is 0 Å². The smallest absolute Gasteiger partial charge is 0.251 e. The summed E-state index contributed by atoms with van der Waals surface area (Å²) < 4.78 is 0. The zero-order valence-electron chi connectivity index (χ0n) is 10.4. The molecule has 1 amide bonds. The number of carbonyl (C=O) groups excluding carboxylic acids is 1. The van der Waals surface area contributed by atoms with Gasteiger partial charge in [0.2, 0.25) is 0 Å². The summed E-state index contributed by atoms with van der Waals surface area (Å²) in [4.78, 5) is 12.2. The first-order chi connectivity index (χ1) is 9.24. The van der Waals surface area contributed by atoms with Crippen LogP contribution in [0.4, 0.5) is 0 Å². The molecular formula is C16H14ClNO. The topological polar surface area (TPSA) is 29.1 Å². The van der Waals surface area contributed by atoms with E-state index in [1.165, 1.54) is 11.1 Å². The fraction of sp³-hybridized carbons (Fsp3) is 0.188. The van der Waals surface area contributed by atoms with E-state index in [1.807, 2.05) is 12.1 Å². The highest BCUT2D eigenvalue weighted by Gasteiger charge is 2.23. The van der Waals surface area contributed by atoms with E-state index in [0.717, 1.165) is 12.8 Å². The van der Waals surface area contributed by atoms with Gasteiger partial charge in [0, 0.05) is 10.6 Å². The molecule has 0 aliphatic heterocycles. The quantitative estimate of drug-likeness (QED) is 0.885. The Labute approximate surface area is 117 Å². The molecule has 0 spiro atoms. The molecule has 0 heterocycles. The Morgan fingerprint density at radius 1 is 1.11 bits per heavy atom. The van der Waals surface area contributed by atoms with Gasteiger partial charge in [-0.05, 0) is 48.2 Å². The van der Waals surface area contributed by atoms with Crippen LogP contribution in [0.1, 0.15) is 33.9 Å². The first-order valence-corrected chi connectivity index (χ1v) is 6.76. The van der Waals surface area contributed by atoms with Gasteiger partial charge in [0.05, 0.1) is 6.04 Å². The lowest BCUT2D eigenvalue weighted by Crippen LogP contribution is -2.27. The number of carbonyl (C=O) groups is 1. The van der Waals surface area contributed by atoms with Crippen LogP contribution in [0.3, 0.4) is 0 Å². The van der Waals surface area contributed by atoms with Crippen LogP contribution in [-0.4, -0.2) is 5.91 Å². The van der Waals surface area contributed by atoms with Crippen molar-refractivity contribution in [2.45, 2.75) is 18.9 Å². The van der Waals surface area contributed by atoms with Crippen LogP contribution in [0.2, 0.25) is 5.02 Å². The Kier molecular flexibility index (Phi) is 3.26. The van der Waals surface area contributed by atoms with Gasteiger partial charge in [-0.2, -0.15) is 0 Å². The molecule has 0 unspecified atom stereocenters. The maximum absolute atomic E-state index is 12.2. The SMILES string of the molecule is O=C(N[C@H]1CCc2ccccc21)c1ccc(Cl)cc1. The number of rotatable bonds is 2. The second-order valence-corrected chi connectivity index (χ2v) is 5.21. The van der Waals surface area contributed by atoms with Crippen LogP contribution in [0, 0.1) is 0 Å². The van der Waals surface area contributed by atoms with Gasteiger partial charge < -0.3 is 5.32 Å². The molecule has 96 valence electrons. The van der Waals surface area contributed by atoms with Crippen molar-refractivity contribution in [1.82, 2.24) is 5.32 Å². The number of benzene rings is 2. The monoisotopic (exact) mass is 271 g/mol. The first kappa shape index (κ1) is 12.2. The fourth-order valence-corrected chi connectivity index (χ4v) is 2.68. The van der Waals surface area contributed by atoms with Gasteiger partial charge in [0.25, 0.3) is 5.91 Å². The van der Waals surface area contributed by atoms with Crippen molar-refractivity contribution in [3.8, 4) is 0 Å². The lowest BCUT2D eigenvalue weighted by atomic mass is 10.1. The maximum Gasteiger partial charge on any atom is 0.251 e. The Bertz CT molecular complexity index is 606. The summed E-state index contributed by atoms with van der Waals surface area (Å²) in [6, 6.07) is 15.4. The molecule has 1 aliphatic carbocycles. The van der Waals surface area contributed by atoms with Crippen LogP contribution in [0.15, 0.2) is 48.5 Å². The predicted molar refractivity (Wildman–Crippen MR) is 76.4 cm³/mol. The number of hydrogen-bond acceptors (Lipinski definition) is 1. The molecule has 1 atom stereocenters. The Morgan fingerprint density at radius 3 is 2.63 bits per heavy atom. The van der Waals surface area contributed by atoms with E-state index in [4.69, 9.17) is 11.6 Å². The lowest BCUT2D eigenvalue weighted by molar-refractivity contribution is 0.0937. The predicted octanol–water partition coefficient (Wildman–Crippen LogP) is 3.76.